The number of piperidine rings is 1. The molecule has 0 spiro atoms. The molecule has 0 amide bonds. The summed E-state index contributed by atoms with van der Waals surface area (Å²) in [5.41, 5.74) is 8.15. The van der Waals surface area contributed by atoms with Crippen molar-refractivity contribution in [2.45, 2.75) is 44.2 Å². The maximum absolute atomic E-state index is 9.99. The Balaban J connectivity index is 1.86. The molecular weight excluding hydrogens is 240 g/mol. The van der Waals surface area contributed by atoms with E-state index in [0.29, 0.717) is 12.0 Å². The Morgan fingerprint density at radius 1 is 1.32 bits per heavy atom. The van der Waals surface area contributed by atoms with Crippen LogP contribution >= 0.6 is 0 Å². The van der Waals surface area contributed by atoms with Crippen molar-refractivity contribution < 1.29 is 10.2 Å². The number of nitrogens with two attached hydrogens (primary N) is 1. The first-order valence-electron chi connectivity index (χ1n) is 7.10. The summed E-state index contributed by atoms with van der Waals surface area (Å²) in [5.74, 6) is 0.711. The van der Waals surface area contributed by atoms with E-state index in [1.165, 1.54) is 6.07 Å². The highest BCUT2D eigenvalue weighted by Crippen LogP contribution is 2.42. The molecular formula is C15H22N2O2. The van der Waals surface area contributed by atoms with Crippen LogP contribution in [0.5, 0.6) is 11.5 Å². The Kier molecular flexibility index (Phi) is 3.15. The van der Waals surface area contributed by atoms with Gasteiger partial charge in [-0.3, -0.25) is 4.90 Å². The van der Waals surface area contributed by atoms with E-state index < -0.39 is 0 Å². The Hall–Kier alpha value is -1.26. The standard InChI is InChI=1S/C15H22N2O2/c1-9-12-5-11(18)6-15(19)13(12)7-14(9)17-4-2-3-10(16)8-17/h5-6,9-10,14,18-19H,2-4,7-8,16H2,1H3/t9-,10?,14?/m0/s1. The highest BCUT2D eigenvalue weighted by molar-refractivity contribution is 5.50. The molecule has 3 rings (SSSR count). The fourth-order valence-electron chi connectivity index (χ4n) is 3.67. The molecule has 4 N–H and O–H groups in total. The number of likely N-dealkylation sites (tertiary alicyclic amines) is 1. The maximum atomic E-state index is 9.99. The first-order valence-corrected chi connectivity index (χ1v) is 7.10. The molecule has 1 fully saturated rings. The quantitative estimate of drug-likeness (QED) is 0.718. The number of phenols is 2. The molecule has 1 aromatic carbocycles. The van der Waals surface area contributed by atoms with Crippen LogP contribution in [0.25, 0.3) is 0 Å². The molecule has 104 valence electrons. The minimum atomic E-state index is 0.152. The van der Waals surface area contributed by atoms with Gasteiger partial charge in [0.2, 0.25) is 0 Å². The number of phenolic OH excluding ortho intramolecular Hbond substituents is 2. The third-order valence-corrected chi connectivity index (χ3v) is 4.68. The molecule has 1 saturated heterocycles. The van der Waals surface area contributed by atoms with Gasteiger partial charge >= 0.3 is 0 Å². The van der Waals surface area contributed by atoms with Gasteiger partial charge in [-0.25, -0.2) is 0 Å². The topological polar surface area (TPSA) is 69.7 Å². The van der Waals surface area contributed by atoms with Gasteiger partial charge in [0, 0.05) is 24.7 Å². The summed E-state index contributed by atoms with van der Waals surface area (Å²) in [5, 5.41) is 19.6. The van der Waals surface area contributed by atoms with E-state index in [1.54, 1.807) is 6.07 Å². The van der Waals surface area contributed by atoms with Gasteiger partial charge in [0.15, 0.2) is 0 Å². The largest absolute Gasteiger partial charge is 0.508 e. The average Bonchev–Trinajstić information content (AvgIpc) is 2.68. The van der Waals surface area contributed by atoms with Gasteiger partial charge < -0.3 is 15.9 Å². The summed E-state index contributed by atoms with van der Waals surface area (Å²) in [7, 11) is 0. The predicted octanol–water partition coefficient (Wildman–Crippen LogP) is 1.55. The first-order chi connectivity index (χ1) is 9.06. The van der Waals surface area contributed by atoms with E-state index in [9.17, 15) is 10.2 Å². The fourth-order valence-corrected chi connectivity index (χ4v) is 3.67. The summed E-state index contributed by atoms with van der Waals surface area (Å²) >= 11 is 0. The summed E-state index contributed by atoms with van der Waals surface area (Å²) in [6.07, 6.45) is 3.11. The first kappa shape index (κ1) is 12.8. The molecule has 0 aromatic heterocycles. The van der Waals surface area contributed by atoms with Crippen molar-refractivity contribution in [3.8, 4) is 11.5 Å². The molecule has 1 aliphatic carbocycles. The molecule has 4 heteroatoms. The summed E-state index contributed by atoms with van der Waals surface area (Å²) < 4.78 is 0. The van der Waals surface area contributed by atoms with Crippen molar-refractivity contribution in [2.75, 3.05) is 13.1 Å². The van der Waals surface area contributed by atoms with E-state index in [-0.39, 0.29) is 17.5 Å². The summed E-state index contributed by atoms with van der Waals surface area (Å²) in [4.78, 5) is 2.45. The number of aromatic hydroxyl groups is 2. The van der Waals surface area contributed by atoms with Crippen LogP contribution in [0.3, 0.4) is 0 Å². The van der Waals surface area contributed by atoms with E-state index in [4.69, 9.17) is 5.73 Å². The van der Waals surface area contributed by atoms with Gasteiger partial charge in [-0.15, -0.1) is 0 Å². The molecule has 1 aliphatic heterocycles. The van der Waals surface area contributed by atoms with Crippen molar-refractivity contribution >= 4 is 0 Å². The molecule has 0 saturated carbocycles. The second-order valence-electron chi connectivity index (χ2n) is 5.99. The maximum Gasteiger partial charge on any atom is 0.122 e. The minimum absolute atomic E-state index is 0.152. The van der Waals surface area contributed by atoms with Crippen molar-refractivity contribution in [1.82, 2.24) is 4.90 Å². The number of rotatable bonds is 1. The normalized spacial score (nSPS) is 31.4. The SMILES string of the molecule is C[C@H]1c2cc(O)cc(O)c2CC1N1CCCC(N)C1. The van der Waals surface area contributed by atoms with Crippen molar-refractivity contribution in [3.63, 3.8) is 0 Å². The van der Waals surface area contributed by atoms with Gasteiger partial charge in [-0.1, -0.05) is 6.92 Å². The van der Waals surface area contributed by atoms with Crippen LogP contribution in [-0.2, 0) is 6.42 Å². The van der Waals surface area contributed by atoms with Crippen molar-refractivity contribution in [3.05, 3.63) is 23.3 Å². The lowest BCUT2D eigenvalue weighted by atomic mass is 9.96. The fraction of sp³-hybridized carbons (Fsp3) is 0.600. The number of fused-ring (bicyclic) bond motifs is 1. The number of nitrogens with zero attached hydrogens (tertiary/aromatic N) is 1. The van der Waals surface area contributed by atoms with Crippen LogP contribution in [0, 0.1) is 0 Å². The average molecular weight is 262 g/mol. The second-order valence-corrected chi connectivity index (χ2v) is 5.99. The highest BCUT2D eigenvalue weighted by Gasteiger charge is 2.36. The molecule has 2 unspecified atom stereocenters. The highest BCUT2D eigenvalue weighted by atomic mass is 16.3. The Labute approximate surface area is 113 Å². The lowest BCUT2D eigenvalue weighted by Crippen LogP contribution is -2.48. The van der Waals surface area contributed by atoms with E-state index in [2.05, 4.69) is 11.8 Å². The van der Waals surface area contributed by atoms with E-state index in [0.717, 1.165) is 43.5 Å². The van der Waals surface area contributed by atoms with Crippen molar-refractivity contribution in [1.29, 1.82) is 0 Å². The van der Waals surface area contributed by atoms with Gasteiger partial charge in [-0.2, -0.15) is 0 Å². The molecule has 19 heavy (non-hydrogen) atoms. The number of hydrogen-bond donors (Lipinski definition) is 3. The minimum Gasteiger partial charge on any atom is -0.508 e. The van der Waals surface area contributed by atoms with E-state index >= 15 is 0 Å². The van der Waals surface area contributed by atoms with Gasteiger partial charge in [0.1, 0.15) is 11.5 Å². The molecule has 0 radical (unpaired) electrons. The van der Waals surface area contributed by atoms with Crippen LogP contribution in [0.2, 0.25) is 0 Å². The predicted molar refractivity (Wildman–Crippen MR) is 74.5 cm³/mol. The number of hydrogen-bond acceptors (Lipinski definition) is 4. The third-order valence-electron chi connectivity index (χ3n) is 4.68. The Bertz CT molecular complexity index is 489. The second kappa shape index (κ2) is 4.69. The third kappa shape index (κ3) is 2.19. The molecule has 2 aliphatic rings. The van der Waals surface area contributed by atoms with Crippen LogP contribution in [0.4, 0.5) is 0 Å². The van der Waals surface area contributed by atoms with Crippen molar-refractivity contribution in [2.24, 2.45) is 5.73 Å². The summed E-state index contributed by atoms with van der Waals surface area (Å²) in [6.45, 7) is 4.20. The Morgan fingerprint density at radius 2 is 2.11 bits per heavy atom. The van der Waals surface area contributed by atoms with Gasteiger partial charge in [-0.05, 0) is 48.9 Å². The zero-order valence-corrected chi connectivity index (χ0v) is 11.3. The monoisotopic (exact) mass is 262 g/mol. The van der Waals surface area contributed by atoms with Gasteiger partial charge in [0.05, 0.1) is 0 Å². The zero-order valence-electron chi connectivity index (χ0n) is 11.3. The lowest BCUT2D eigenvalue weighted by Gasteiger charge is -2.37. The molecule has 1 aromatic rings. The van der Waals surface area contributed by atoms with Crippen LogP contribution in [-0.4, -0.2) is 40.3 Å². The number of benzene rings is 1. The molecule has 1 heterocycles. The zero-order chi connectivity index (χ0) is 13.6. The smallest absolute Gasteiger partial charge is 0.122 e. The van der Waals surface area contributed by atoms with E-state index in [1.807, 2.05) is 0 Å². The summed E-state index contributed by atoms with van der Waals surface area (Å²) in [6, 6.07) is 3.90. The molecule has 3 atom stereocenters. The molecule has 4 nitrogen and oxygen atoms in total. The lowest BCUT2D eigenvalue weighted by molar-refractivity contribution is 0.139. The van der Waals surface area contributed by atoms with Crippen LogP contribution in [0.1, 0.15) is 36.8 Å². The van der Waals surface area contributed by atoms with Crippen LogP contribution < -0.4 is 5.73 Å². The van der Waals surface area contributed by atoms with Gasteiger partial charge in [0.25, 0.3) is 0 Å². The molecule has 0 bridgehead atoms. The van der Waals surface area contributed by atoms with Crippen LogP contribution in [0.15, 0.2) is 12.1 Å². The Morgan fingerprint density at radius 3 is 2.84 bits per heavy atom.